The van der Waals surface area contributed by atoms with Crippen molar-refractivity contribution in [2.75, 3.05) is 24.6 Å². The lowest BCUT2D eigenvalue weighted by atomic mass is 10.0. The molecule has 22 N–H and O–H groups in total. The second kappa shape index (κ2) is 36.7. The minimum Gasteiger partial charge on any atom is -0.508 e. The van der Waals surface area contributed by atoms with Gasteiger partial charge in [-0.15, -0.1) is 0 Å². The van der Waals surface area contributed by atoms with Gasteiger partial charge in [0.15, 0.2) is 11.9 Å². The van der Waals surface area contributed by atoms with Gasteiger partial charge in [-0.3, -0.25) is 57.9 Å². The molecular formula is C60H83N19O11S2. The number of hydrogen-bond acceptors (Lipinski definition) is 16. The van der Waals surface area contributed by atoms with Crippen LogP contribution in [-0.4, -0.2) is 170 Å². The smallest absolute Gasteiger partial charge is 0.244 e. The van der Waals surface area contributed by atoms with Gasteiger partial charge in [-0.25, -0.2) is 4.98 Å². The first-order chi connectivity index (χ1) is 43.8. The van der Waals surface area contributed by atoms with Gasteiger partial charge in [0.05, 0.1) is 6.33 Å². The number of guanidine groups is 2. The molecule has 2 heterocycles. The maximum absolute atomic E-state index is 14.8. The van der Waals surface area contributed by atoms with Crippen LogP contribution in [0.25, 0.3) is 10.9 Å². The number of phenolic OH excluding ortho intramolecular Hbond substituents is 1. The van der Waals surface area contributed by atoms with E-state index in [2.05, 4.69) is 98.0 Å². The van der Waals surface area contributed by atoms with Crippen molar-refractivity contribution in [1.29, 1.82) is 0 Å². The number of hydrogen-bond donors (Lipinski definition) is 19. The van der Waals surface area contributed by atoms with E-state index in [9.17, 15) is 53.1 Å². The maximum Gasteiger partial charge on any atom is 0.244 e. The van der Waals surface area contributed by atoms with Crippen molar-refractivity contribution in [3.8, 4) is 5.75 Å². The van der Waals surface area contributed by atoms with Crippen LogP contribution in [0.5, 0.6) is 5.75 Å². The highest BCUT2D eigenvalue weighted by atomic mass is 32.1. The van der Waals surface area contributed by atoms with E-state index in [-0.39, 0.29) is 93.6 Å². The maximum atomic E-state index is 14.8. The second-order valence-electron chi connectivity index (χ2n) is 22.0. The number of aromatic amines is 2. The quantitative estimate of drug-likeness (QED) is 0.00836. The van der Waals surface area contributed by atoms with E-state index >= 15 is 0 Å². The zero-order valence-corrected chi connectivity index (χ0v) is 52.9. The predicted octanol–water partition coefficient (Wildman–Crippen LogP) is -2.64. The third-order valence-electron chi connectivity index (χ3n) is 14.4. The number of aliphatic imine (C=N–C) groups is 2. The largest absolute Gasteiger partial charge is 0.508 e. The number of carbonyl (C=O) groups excluding carboxylic acids is 10. The van der Waals surface area contributed by atoms with Crippen LogP contribution < -0.4 is 76.5 Å². The average Bonchev–Trinajstić information content (AvgIpc) is 1.65. The van der Waals surface area contributed by atoms with E-state index in [1.807, 2.05) is 18.2 Å². The molecule has 9 atom stereocenters. The molecule has 0 aliphatic carbocycles. The summed E-state index contributed by atoms with van der Waals surface area (Å²) in [5, 5.41) is 34.6. The van der Waals surface area contributed by atoms with Gasteiger partial charge in [0.25, 0.3) is 0 Å². The van der Waals surface area contributed by atoms with E-state index in [0.29, 0.717) is 22.4 Å². The number of nitrogens with two attached hydrogens (primary N) is 5. The molecule has 0 saturated carbocycles. The summed E-state index contributed by atoms with van der Waals surface area (Å²) in [6.07, 6.45) is 4.13. The second-order valence-corrected chi connectivity index (χ2v) is 22.7. The van der Waals surface area contributed by atoms with E-state index in [1.54, 1.807) is 68.6 Å². The molecule has 0 unspecified atom stereocenters. The van der Waals surface area contributed by atoms with Crippen LogP contribution in [0.2, 0.25) is 0 Å². The Kier molecular flexibility index (Phi) is 29.1. The molecule has 0 bridgehead atoms. The number of amides is 10. The zero-order chi connectivity index (χ0) is 67.4. The fourth-order valence-corrected chi connectivity index (χ4v) is 10.1. The number of thiol groups is 2. The van der Waals surface area contributed by atoms with Gasteiger partial charge in [-0.2, -0.15) is 25.3 Å². The van der Waals surface area contributed by atoms with Gasteiger partial charge in [-0.05, 0) is 66.5 Å². The highest BCUT2D eigenvalue weighted by Gasteiger charge is 2.36. The summed E-state index contributed by atoms with van der Waals surface area (Å²) >= 11 is 8.50. The molecule has 0 saturated heterocycles. The number of rotatable bonds is 37. The summed E-state index contributed by atoms with van der Waals surface area (Å²) in [6.45, 7) is 4.55. The fraction of sp³-hybridized carbons (Fsp3) is 0.417. The Morgan fingerprint density at radius 3 is 1.46 bits per heavy atom. The van der Waals surface area contributed by atoms with Gasteiger partial charge < -0.3 is 91.6 Å². The lowest BCUT2D eigenvalue weighted by Crippen LogP contribution is -2.62. The number of nitrogens with zero attached hydrogens (tertiary/aromatic N) is 3. The number of imidazole rings is 1. The van der Waals surface area contributed by atoms with Crippen LogP contribution in [0.1, 0.15) is 68.8 Å². The number of nitrogens with one attached hydrogen (secondary N) is 11. The lowest BCUT2D eigenvalue weighted by molar-refractivity contribution is -0.136. The van der Waals surface area contributed by atoms with Gasteiger partial charge in [-0.1, -0.05) is 74.5 Å². The summed E-state index contributed by atoms with van der Waals surface area (Å²) < 4.78 is 0. The van der Waals surface area contributed by atoms with E-state index in [1.165, 1.54) is 31.6 Å². The van der Waals surface area contributed by atoms with Crippen molar-refractivity contribution in [3.63, 3.8) is 0 Å². The van der Waals surface area contributed by atoms with Crippen molar-refractivity contribution in [2.24, 2.45) is 44.6 Å². The normalized spacial score (nSPS) is 14.0. The minimum absolute atomic E-state index is 0.0187. The van der Waals surface area contributed by atoms with Gasteiger partial charge >= 0.3 is 0 Å². The molecule has 30 nitrogen and oxygen atoms in total. The third kappa shape index (κ3) is 23.8. The standard InChI is InChI=1S/C60H83N19O11S2/c1-32(2)49(79-57(89)48(30-92)78-52(84)42(16-10-22-68-60(64)65)72-53(85)43(71-33(3)80)24-35-17-19-38(81)20-18-35)58(90)76-46(26-37-28-66-31-70-37)56(88)74-44(23-34-11-5-4-6-12-34)54(86)73-41(15-9-21-67-59(62)63)51(83)75-45(55(87)77-47(29-91)50(61)82)25-36-27-69-40-14-8-7-13-39(36)40/h4-8,11-14,17-20,27-28,31-32,41-49,69,81,91-92H,9-10,15-16,21-26,29-30H2,1-3H3,(H2,61,82)(H,66,70)(H,71,80)(H,72,85)(H,73,86)(H,74,88)(H,75,83)(H,76,90)(H,77,87)(H,78,84)(H,79,89)(H4,62,63,67)(H4,64,65,68)/t41-,42-,43-,44+,45-,46-,47-,48-,49-/m0/s1. The van der Waals surface area contributed by atoms with Crippen LogP contribution in [0, 0.1) is 5.92 Å². The number of carbonyl (C=O) groups is 10. The Balaban J connectivity index is 1.39. The van der Waals surface area contributed by atoms with E-state index in [0.717, 1.165) is 10.9 Å². The van der Waals surface area contributed by atoms with E-state index in [4.69, 9.17) is 28.7 Å². The number of aromatic nitrogens is 3. The Bertz CT molecular complexity index is 3360. The third-order valence-corrected chi connectivity index (χ3v) is 15.1. The molecule has 496 valence electrons. The number of phenols is 1. The number of benzene rings is 3. The number of para-hydroxylation sites is 1. The van der Waals surface area contributed by atoms with Crippen LogP contribution in [0.15, 0.2) is 108 Å². The monoisotopic (exact) mass is 1310 g/mol. The molecule has 0 aliphatic heterocycles. The van der Waals surface area contributed by atoms with Gasteiger partial charge in [0.2, 0.25) is 59.1 Å². The summed E-state index contributed by atoms with van der Waals surface area (Å²) in [6, 6.07) is 9.61. The fourth-order valence-electron chi connectivity index (χ4n) is 9.57. The summed E-state index contributed by atoms with van der Waals surface area (Å²) in [5.74, 6) is -9.67. The molecule has 5 rings (SSSR count). The number of fused-ring (bicyclic) bond motifs is 1. The van der Waals surface area contributed by atoms with Crippen molar-refractivity contribution < 1.29 is 53.1 Å². The Hall–Kier alpha value is -9.85. The summed E-state index contributed by atoms with van der Waals surface area (Å²) in [7, 11) is 0. The molecule has 92 heavy (non-hydrogen) atoms. The van der Waals surface area contributed by atoms with Gasteiger partial charge in [0, 0.05) is 86.2 Å². The first kappa shape index (κ1) is 72.9. The summed E-state index contributed by atoms with van der Waals surface area (Å²) in [4.78, 5) is 158. The molecule has 5 aromatic rings. The topological polar surface area (TPSA) is 498 Å². The molecule has 2 aromatic heterocycles. The highest BCUT2D eigenvalue weighted by Crippen LogP contribution is 2.20. The van der Waals surface area contributed by atoms with Gasteiger partial charge in [0.1, 0.15) is 60.1 Å². The van der Waals surface area contributed by atoms with E-state index < -0.39 is 119 Å². The minimum atomic E-state index is -1.48. The Labute approximate surface area is 542 Å². The molecule has 0 fully saturated rings. The van der Waals surface area contributed by atoms with Crippen molar-refractivity contribution >= 4 is 107 Å². The predicted molar refractivity (Wildman–Crippen MR) is 351 cm³/mol. The molecular weight excluding hydrogens is 1230 g/mol. The number of aromatic hydroxyl groups is 1. The van der Waals surface area contributed by atoms with Crippen LogP contribution in [0.3, 0.4) is 0 Å². The first-order valence-electron chi connectivity index (χ1n) is 29.5. The molecule has 3 aromatic carbocycles. The first-order valence-corrected chi connectivity index (χ1v) is 30.8. The van der Waals surface area contributed by atoms with Crippen LogP contribution >= 0.6 is 25.3 Å². The SMILES string of the molecule is CC(=O)N[C@@H](Cc1ccc(O)cc1)C(=O)N[C@@H](CCCN=C(N)N)C(=O)N[C@@H](CS)C(=O)N[C@H](C(=O)N[C@@H](Cc1cnc[nH]1)C(=O)N[C@H](Cc1ccccc1)C(=O)N[C@@H](CCCN=C(N)N)C(=O)N[C@@H](Cc1c[nH]c2ccccc12)C(=O)N[C@@H](CS)C(N)=O)C(C)C. The summed E-state index contributed by atoms with van der Waals surface area (Å²) in [5.41, 5.74) is 30.7. The van der Waals surface area contributed by atoms with Crippen molar-refractivity contribution in [1.82, 2.24) is 62.8 Å². The molecule has 0 aliphatic rings. The highest BCUT2D eigenvalue weighted by molar-refractivity contribution is 7.80. The zero-order valence-electron chi connectivity index (χ0n) is 51.1. The Morgan fingerprint density at radius 1 is 0.511 bits per heavy atom. The number of primary amides is 1. The Morgan fingerprint density at radius 2 is 0.957 bits per heavy atom. The number of H-pyrrole nitrogens is 2. The molecule has 0 spiro atoms. The lowest BCUT2D eigenvalue weighted by Gasteiger charge is -2.29. The van der Waals surface area contributed by atoms with Crippen LogP contribution in [0.4, 0.5) is 0 Å². The van der Waals surface area contributed by atoms with Crippen LogP contribution in [-0.2, 0) is 73.6 Å². The molecule has 10 amide bonds. The van der Waals surface area contributed by atoms with Crippen molar-refractivity contribution in [2.45, 2.75) is 127 Å². The average molecular weight is 1310 g/mol. The molecule has 0 radical (unpaired) electrons. The molecule has 32 heteroatoms. The van der Waals surface area contributed by atoms with Crippen molar-refractivity contribution in [3.05, 3.63) is 120 Å².